The molecule has 1 fully saturated rings. The summed E-state index contributed by atoms with van der Waals surface area (Å²) in [4.78, 5) is 5.05. The van der Waals surface area contributed by atoms with Crippen LogP contribution in [0.25, 0.3) is 27.6 Å². The van der Waals surface area contributed by atoms with Crippen LogP contribution in [0.1, 0.15) is 63.8 Å². The molecule has 0 spiro atoms. The largest absolute Gasteiger partial charge is 0.325 e. The summed E-state index contributed by atoms with van der Waals surface area (Å²) in [5, 5.41) is 1.95. The van der Waals surface area contributed by atoms with Gasteiger partial charge in [-0.25, -0.2) is 13.4 Å². The molecular weight excluding hydrogens is 820 g/mol. The number of benzene rings is 4. The van der Waals surface area contributed by atoms with Crippen molar-refractivity contribution < 1.29 is 29.5 Å². The molecule has 2 bridgehead atoms. The number of pyridine rings is 1. The van der Waals surface area contributed by atoms with E-state index in [1.54, 1.807) is 6.07 Å². The number of hydrogen-bond donors (Lipinski definition) is 0. The molecule has 1 saturated heterocycles. The summed E-state index contributed by atoms with van der Waals surface area (Å²) in [6.07, 6.45) is 1.83. The molecule has 3 aliphatic rings. The molecule has 6 aromatic rings. The molecule has 50 heavy (non-hydrogen) atoms. The number of rotatable bonds is 4. The van der Waals surface area contributed by atoms with Crippen LogP contribution in [0, 0.1) is 32.6 Å². The van der Waals surface area contributed by atoms with E-state index in [1.807, 2.05) is 41.1 Å². The summed E-state index contributed by atoms with van der Waals surface area (Å²) in [7, 11) is -1.80. The van der Waals surface area contributed by atoms with Crippen molar-refractivity contribution >= 4 is 48.7 Å². The maximum atomic E-state index is 14.8. The van der Waals surface area contributed by atoms with Crippen LogP contribution in [0.5, 0.6) is 0 Å². The average molecular weight is 863 g/mol. The summed E-state index contributed by atoms with van der Waals surface area (Å²) < 4.78 is 32.8. The van der Waals surface area contributed by atoms with E-state index in [9.17, 15) is 8.42 Å². The predicted octanol–water partition coefficient (Wildman–Crippen LogP) is 9.50. The van der Waals surface area contributed by atoms with Crippen LogP contribution >= 0.6 is 0 Å². The van der Waals surface area contributed by atoms with Crippen molar-refractivity contribution in [2.45, 2.75) is 76.0 Å². The van der Waals surface area contributed by atoms with Gasteiger partial charge in [0.15, 0.2) is 27.9 Å². The van der Waals surface area contributed by atoms with Crippen molar-refractivity contribution in [2.75, 3.05) is 13.7 Å². The second kappa shape index (κ2) is 11.2. The van der Waals surface area contributed by atoms with E-state index >= 15 is 0 Å². The van der Waals surface area contributed by atoms with Gasteiger partial charge in [-0.05, 0) is 74.7 Å². The third-order valence-electron chi connectivity index (χ3n) is 10.6. The van der Waals surface area contributed by atoms with E-state index in [0.717, 1.165) is 45.6 Å². The number of nitrogens with zero attached hydrogens (tertiary/aromatic N) is 4. The smallest absolute Gasteiger partial charge is 0.179 e. The first-order chi connectivity index (χ1) is 22.9. The Morgan fingerprint density at radius 2 is 1.44 bits per heavy atom. The molecule has 4 aromatic carbocycles. The van der Waals surface area contributed by atoms with Crippen molar-refractivity contribution in [3.63, 3.8) is 0 Å². The van der Waals surface area contributed by atoms with Gasteiger partial charge in [0.05, 0.1) is 13.7 Å². The number of sulfone groups is 1. The summed E-state index contributed by atoms with van der Waals surface area (Å²) >= 11 is 0. The fraction of sp³-hybridized carbons (Fsp3) is 0.286. The maximum Gasteiger partial charge on any atom is 0.179 e. The zero-order valence-electron chi connectivity index (χ0n) is 30.1. The van der Waals surface area contributed by atoms with E-state index < -0.39 is 9.84 Å². The number of hydrogen-bond acceptors (Lipinski definition) is 3. The Balaban J connectivity index is 0.00000392. The molecule has 0 radical (unpaired) electrons. The molecule has 9 rings (SSSR count). The molecular formula is C42H43N4O2PtS-. The second-order valence-electron chi connectivity index (χ2n) is 16.3. The first kappa shape index (κ1) is 34.8. The van der Waals surface area contributed by atoms with Gasteiger partial charge in [0.2, 0.25) is 0 Å². The first-order valence-electron chi connectivity index (χ1n) is 16.9. The molecule has 0 aliphatic carbocycles. The minimum atomic E-state index is -4.02. The molecule has 5 heterocycles. The number of aromatic nitrogens is 2. The van der Waals surface area contributed by atoms with Gasteiger partial charge in [-0.3, -0.25) is 0 Å². The van der Waals surface area contributed by atoms with E-state index in [4.69, 9.17) is 4.98 Å². The van der Waals surface area contributed by atoms with E-state index in [-0.39, 0.29) is 41.7 Å². The normalized spacial score (nSPS) is 20.1. The Hall–Kier alpha value is -3.61. The van der Waals surface area contributed by atoms with Crippen LogP contribution in [-0.4, -0.2) is 31.7 Å². The van der Waals surface area contributed by atoms with Gasteiger partial charge in [-0.1, -0.05) is 65.3 Å². The maximum absolute atomic E-state index is 14.8. The Kier molecular flexibility index (Phi) is 7.79. The van der Waals surface area contributed by atoms with E-state index in [1.165, 1.54) is 22.5 Å². The SMILES string of the molecule is Cc1cc2c(cc1C)[N@@+]1(C)[CH-][N@+]2(c2[c-]c(S(=O)(=O)c3[c-]c4c(cc3)c3ccccc3n4-c3cc(C(C)(C)C)ccn3)cc(C(C)(C)C)c2)C1.[Pt]. The Bertz CT molecular complexity index is 2480. The molecule has 2 atom stereocenters. The van der Waals surface area contributed by atoms with Gasteiger partial charge in [0, 0.05) is 50.6 Å². The number of aryl methyl sites for hydroxylation is 2. The van der Waals surface area contributed by atoms with Crippen molar-refractivity contribution in [1.29, 1.82) is 0 Å². The van der Waals surface area contributed by atoms with Crippen LogP contribution in [0.15, 0.2) is 88.8 Å². The minimum Gasteiger partial charge on any atom is -0.325 e. The van der Waals surface area contributed by atoms with Crippen LogP contribution in [0.3, 0.4) is 0 Å². The monoisotopic (exact) mass is 862 g/mol. The summed E-state index contributed by atoms with van der Waals surface area (Å²) in [6.45, 7) is 20.3. The van der Waals surface area contributed by atoms with Gasteiger partial charge in [0.1, 0.15) is 5.82 Å². The molecule has 260 valence electrons. The first-order valence-corrected chi connectivity index (χ1v) is 18.4. The third-order valence-corrected chi connectivity index (χ3v) is 12.3. The number of para-hydroxylation sites is 1. The minimum absolute atomic E-state index is 0. The average Bonchev–Trinajstić information content (AvgIpc) is 3.58. The van der Waals surface area contributed by atoms with Crippen LogP contribution in [0.4, 0.5) is 17.1 Å². The van der Waals surface area contributed by atoms with E-state index in [2.05, 4.69) is 118 Å². The molecule has 2 aromatic heterocycles. The van der Waals surface area contributed by atoms with Crippen LogP contribution in [0.2, 0.25) is 0 Å². The van der Waals surface area contributed by atoms with Crippen molar-refractivity contribution in [2.24, 2.45) is 0 Å². The topological polar surface area (TPSA) is 52.0 Å². The molecule has 0 saturated carbocycles. The second-order valence-corrected chi connectivity index (χ2v) is 18.2. The Labute approximate surface area is 310 Å². The van der Waals surface area contributed by atoms with Crippen molar-refractivity contribution in [3.8, 4) is 5.82 Å². The molecule has 0 N–H and O–H groups in total. The van der Waals surface area contributed by atoms with Crippen molar-refractivity contribution in [3.05, 3.63) is 120 Å². The zero-order chi connectivity index (χ0) is 34.9. The fourth-order valence-electron chi connectivity index (χ4n) is 7.65. The molecule has 8 heteroatoms. The van der Waals surface area contributed by atoms with Gasteiger partial charge in [-0.15, -0.1) is 35.2 Å². The molecule has 3 aliphatic heterocycles. The molecule has 0 amide bonds. The van der Waals surface area contributed by atoms with Gasteiger partial charge < -0.3 is 13.5 Å². The van der Waals surface area contributed by atoms with Gasteiger partial charge in [0.25, 0.3) is 0 Å². The number of quaternary nitrogens is 2. The van der Waals surface area contributed by atoms with Gasteiger partial charge in [-0.2, -0.15) is 12.1 Å². The molecule has 0 unspecified atom stereocenters. The Morgan fingerprint density at radius 3 is 2.12 bits per heavy atom. The summed E-state index contributed by atoms with van der Waals surface area (Å²) in [5.41, 5.74) is 9.16. The van der Waals surface area contributed by atoms with Crippen LogP contribution < -0.4 is 8.97 Å². The number of fused-ring (bicyclic) bond motifs is 3. The predicted molar refractivity (Wildman–Crippen MR) is 200 cm³/mol. The molecule has 6 nitrogen and oxygen atoms in total. The standard InChI is InChI=1S/C42H43N4O2S.Pt/c1-27-18-38-39(19-28(27)2)46(25-45(38,9)26-46)31-20-30(42(6,7)8)21-33(23-31)49(47,48)32-14-15-35-34-12-10-11-13-36(34)44(37(35)24-32)40-22-29(16-17-43-40)41(3,4)5;/h10-22,25H,26H2,1-9H3;/q-1;/t45-,46+;/m0./s1. The van der Waals surface area contributed by atoms with Crippen LogP contribution in [-0.2, 0) is 41.7 Å². The third kappa shape index (κ3) is 5.07. The van der Waals surface area contributed by atoms with Crippen molar-refractivity contribution in [1.82, 2.24) is 18.5 Å². The summed E-state index contributed by atoms with van der Waals surface area (Å²) in [5.74, 6) is 0.733. The zero-order valence-corrected chi connectivity index (χ0v) is 33.2. The van der Waals surface area contributed by atoms with E-state index in [0.29, 0.717) is 14.5 Å². The van der Waals surface area contributed by atoms with Gasteiger partial charge >= 0.3 is 0 Å². The fourth-order valence-corrected chi connectivity index (χ4v) is 8.89. The quantitative estimate of drug-likeness (QED) is 0.131. The summed E-state index contributed by atoms with van der Waals surface area (Å²) in [6, 6.07) is 31.2. The Morgan fingerprint density at radius 1 is 0.780 bits per heavy atom.